The molecule has 0 amide bonds. The van der Waals surface area contributed by atoms with E-state index in [1.807, 2.05) is 10.7 Å². The van der Waals surface area contributed by atoms with E-state index in [1.165, 1.54) is 37.1 Å². The molecule has 4 aromatic rings. The van der Waals surface area contributed by atoms with Gasteiger partial charge in [0.05, 0.1) is 17.1 Å². The van der Waals surface area contributed by atoms with Crippen molar-refractivity contribution in [2.75, 3.05) is 19.6 Å². The molecule has 7 nitrogen and oxygen atoms in total. The number of likely N-dealkylation sites (tertiary alicyclic amines) is 1. The Morgan fingerprint density at radius 1 is 1.16 bits per heavy atom. The predicted octanol–water partition coefficient (Wildman–Crippen LogP) is 4.81. The van der Waals surface area contributed by atoms with Crippen LogP contribution in [-0.4, -0.2) is 54.3 Å². The van der Waals surface area contributed by atoms with Crippen LogP contribution in [0.1, 0.15) is 62.1 Å². The van der Waals surface area contributed by atoms with Gasteiger partial charge in [-0.2, -0.15) is 10.2 Å². The highest BCUT2D eigenvalue weighted by molar-refractivity contribution is 5.74. The number of H-pyrrole nitrogens is 1. The van der Waals surface area contributed by atoms with E-state index in [0.717, 1.165) is 40.4 Å². The molecule has 5 rings (SSSR count). The fourth-order valence-electron chi connectivity index (χ4n) is 4.93. The lowest BCUT2D eigenvalue weighted by Crippen LogP contribution is -2.32. The number of hydrogen-bond acceptors (Lipinski definition) is 5. The van der Waals surface area contributed by atoms with Crippen LogP contribution in [0.25, 0.3) is 28.3 Å². The van der Waals surface area contributed by atoms with Crippen LogP contribution in [0.4, 0.5) is 0 Å². The molecule has 166 valence electrons. The standard InChI is InChI=1S/C25H31N7/c1-5-31-10-8-18(9-11-31)19-6-7-21(26-13-19)24-22(16(2)3)23(29-30-24)20-12-17(4)25-27-15-28-32(25)14-20/h6-7,12-16,18H,5,8-11H2,1-4H3,(H,29,30). The van der Waals surface area contributed by atoms with Crippen molar-refractivity contribution < 1.29 is 0 Å². The molecule has 32 heavy (non-hydrogen) atoms. The van der Waals surface area contributed by atoms with Gasteiger partial charge in [-0.1, -0.05) is 26.8 Å². The van der Waals surface area contributed by atoms with Crippen LogP contribution in [0, 0.1) is 6.92 Å². The van der Waals surface area contributed by atoms with Crippen molar-refractivity contribution in [2.45, 2.75) is 52.4 Å². The fourth-order valence-corrected chi connectivity index (χ4v) is 4.93. The molecule has 0 aromatic carbocycles. The predicted molar refractivity (Wildman–Crippen MR) is 127 cm³/mol. The van der Waals surface area contributed by atoms with Crippen molar-refractivity contribution in [3.8, 4) is 22.6 Å². The van der Waals surface area contributed by atoms with Crippen LogP contribution in [-0.2, 0) is 0 Å². The van der Waals surface area contributed by atoms with E-state index in [-0.39, 0.29) is 0 Å². The lowest BCUT2D eigenvalue weighted by atomic mass is 9.90. The molecule has 4 aromatic heterocycles. The number of aryl methyl sites for hydroxylation is 1. The number of pyridine rings is 2. The van der Waals surface area contributed by atoms with Crippen molar-refractivity contribution in [3.63, 3.8) is 0 Å². The van der Waals surface area contributed by atoms with E-state index in [4.69, 9.17) is 10.1 Å². The molecule has 0 bridgehead atoms. The van der Waals surface area contributed by atoms with Gasteiger partial charge in [0.1, 0.15) is 6.33 Å². The Hall–Kier alpha value is -3.06. The summed E-state index contributed by atoms with van der Waals surface area (Å²) in [7, 11) is 0. The van der Waals surface area contributed by atoms with Crippen molar-refractivity contribution in [1.29, 1.82) is 0 Å². The first kappa shape index (κ1) is 20.8. The van der Waals surface area contributed by atoms with Crippen LogP contribution in [0.15, 0.2) is 36.9 Å². The zero-order valence-corrected chi connectivity index (χ0v) is 19.3. The average Bonchev–Trinajstić information content (AvgIpc) is 3.47. The Morgan fingerprint density at radius 2 is 1.97 bits per heavy atom. The summed E-state index contributed by atoms with van der Waals surface area (Å²) in [4.78, 5) is 11.7. The third-order valence-corrected chi connectivity index (χ3v) is 6.76. The van der Waals surface area contributed by atoms with Gasteiger partial charge in [0.2, 0.25) is 0 Å². The van der Waals surface area contributed by atoms with Crippen LogP contribution in [0.5, 0.6) is 0 Å². The average molecular weight is 430 g/mol. The van der Waals surface area contributed by atoms with Gasteiger partial charge < -0.3 is 4.90 Å². The minimum absolute atomic E-state index is 0.297. The topological polar surface area (TPSA) is 75.0 Å². The van der Waals surface area contributed by atoms with Gasteiger partial charge >= 0.3 is 0 Å². The van der Waals surface area contributed by atoms with Gasteiger partial charge in [0, 0.05) is 23.5 Å². The van der Waals surface area contributed by atoms with Crippen molar-refractivity contribution in [3.05, 3.63) is 53.6 Å². The molecule has 7 heteroatoms. The minimum atomic E-state index is 0.297. The minimum Gasteiger partial charge on any atom is -0.304 e. The van der Waals surface area contributed by atoms with E-state index in [9.17, 15) is 0 Å². The quantitative estimate of drug-likeness (QED) is 0.493. The number of aromatic nitrogens is 6. The maximum Gasteiger partial charge on any atom is 0.158 e. The SMILES string of the molecule is CCN1CCC(c2ccc(-c3[nH]nc(-c4cc(C)c5ncnn5c4)c3C(C)C)nc2)CC1. The van der Waals surface area contributed by atoms with Gasteiger partial charge in [0.25, 0.3) is 0 Å². The Labute approximate surface area is 188 Å². The molecular weight excluding hydrogens is 398 g/mol. The number of hydrogen-bond donors (Lipinski definition) is 1. The molecule has 0 aliphatic carbocycles. The summed E-state index contributed by atoms with van der Waals surface area (Å²) in [6, 6.07) is 6.54. The highest BCUT2D eigenvalue weighted by Crippen LogP contribution is 2.36. The summed E-state index contributed by atoms with van der Waals surface area (Å²) in [5, 5.41) is 12.3. The van der Waals surface area contributed by atoms with E-state index in [0.29, 0.717) is 11.8 Å². The zero-order chi connectivity index (χ0) is 22.2. The van der Waals surface area contributed by atoms with E-state index < -0.39 is 0 Å². The first-order valence-electron chi connectivity index (χ1n) is 11.6. The Bertz CT molecular complexity index is 1210. The van der Waals surface area contributed by atoms with E-state index in [1.54, 1.807) is 6.33 Å². The van der Waals surface area contributed by atoms with Crippen molar-refractivity contribution in [1.82, 2.24) is 34.7 Å². The smallest absolute Gasteiger partial charge is 0.158 e. The summed E-state index contributed by atoms with van der Waals surface area (Å²) in [5.41, 5.74) is 8.41. The second-order valence-corrected chi connectivity index (χ2v) is 9.14. The number of piperidine rings is 1. The molecular formula is C25H31N7. The van der Waals surface area contributed by atoms with E-state index >= 15 is 0 Å². The first-order chi connectivity index (χ1) is 15.5. The van der Waals surface area contributed by atoms with Crippen LogP contribution in [0.2, 0.25) is 0 Å². The maximum absolute atomic E-state index is 4.86. The number of rotatable bonds is 5. The monoisotopic (exact) mass is 429 g/mol. The largest absolute Gasteiger partial charge is 0.304 e. The van der Waals surface area contributed by atoms with Gasteiger partial charge in [-0.25, -0.2) is 9.50 Å². The molecule has 0 saturated carbocycles. The summed E-state index contributed by atoms with van der Waals surface area (Å²) < 4.78 is 1.82. The molecule has 0 spiro atoms. The summed E-state index contributed by atoms with van der Waals surface area (Å²) in [5.74, 6) is 0.906. The molecule has 1 saturated heterocycles. The number of nitrogens with zero attached hydrogens (tertiary/aromatic N) is 6. The lowest BCUT2D eigenvalue weighted by Gasteiger charge is -2.31. The molecule has 1 N–H and O–H groups in total. The third-order valence-electron chi connectivity index (χ3n) is 6.76. The van der Waals surface area contributed by atoms with E-state index in [2.05, 4.69) is 72.2 Å². The second kappa shape index (κ2) is 8.47. The third kappa shape index (κ3) is 3.71. The van der Waals surface area contributed by atoms with Crippen LogP contribution < -0.4 is 0 Å². The first-order valence-corrected chi connectivity index (χ1v) is 11.6. The van der Waals surface area contributed by atoms with Crippen molar-refractivity contribution >= 4 is 5.65 Å². The molecule has 1 aliphatic heterocycles. The molecule has 0 unspecified atom stereocenters. The molecule has 0 radical (unpaired) electrons. The van der Waals surface area contributed by atoms with Crippen molar-refractivity contribution in [2.24, 2.45) is 0 Å². The number of aromatic amines is 1. The molecule has 1 aliphatic rings. The van der Waals surface area contributed by atoms with Crippen LogP contribution >= 0.6 is 0 Å². The molecule has 5 heterocycles. The highest BCUT2D eigenvalue weighted by atomic mass is 15.3. The van der Waals surface area contributed by atoms with Gasteiger partial charge in [0.15, 0.2) is 5.65 Å². The van der Waals surface area contributed by atoms with Crippen LogP contribution in [0.3, 0.4) is 0 Å². The Balaban J connectivity index is 1.47. The van der Waals surface area contributed by atoms with Gasteiger partial charge in [-0.05, 0) is 74.5 Å². The highest BCUT2D eigenvalue weighted by Gasteiger charge is 2.23. The zero-order valence-electron chi connectivity index (χ0n) is 19.3. The summed E-state index contributed by atoms with van der Waals surface area (Å²) >= 11 is 0. The van der Waals surface area contributed by atoms with Gasteiger partial charge in [-0.3, -0.25) is 10.1 Å². The summed E-state index contributed by atoms with van der Waals surface area (Å²) in [6.07, 6.45) is 8.08. The normalized spacial score (nSPS) is 15.8. The second-order valence-electron chi connectivity index (χ2n) is 9.14. The molecule has 1 fully saturated rings. The molecule has 0 atom stereocenters. The Morgan fingerprint density at radius 3 is 2.66 bits per heavy atom. The fraction of sp³-hybridized carbons (Fsp3) is 0.440. The number of fused-ring (bicyclic) bond motifs is 1. The van der Waals surface area contributed by atoms with Gasteiger partial charge in [-0.15, -0.1) is 0 Å². The summed E-state index contributed by atoms with van der Waals surface area (Å²) in [6.45, 7) is 12.2. The lowest BCUT2D eigenvalue weighted by molar-refractivity contribution is 0.222. The number of nitrogens with one attached hydrogen (secondary N) is 1. The Kier molecular flexibility index (Phi) is 5.51. The maximum atomic E-state index is 4.86.